The average Bonchev–Trinajstić information content (AvgIpc) is 3.30. The van der Waals surface area contributed by atoms with Crippen molar-refractivity contribution in [1.29, 1.82) is 0 Å². The molecule has 47 heavy (non-hydrogen) atoms. The number of carbonyl (C=O) groups is 1. The van der Waals surface area contributed by atoms with Crippen molar-refractivity contribution < 1.29 is 36.2 Å². The van der Waals surface area contributed by atoms with Crippen molar-refractivity contribution in [3.8, 4) is 0 Å². The lowest BCUT2D eigenvalue weighted by Gasteiger charge is -2.37. The van der Waals surface area contributed by atoms with E-state index in [4.69, 9.17) is 11.6 Å². The fourth-order valence-electron chi connectivity index (χ4n) is 7.35. The lowest BCUT2D eigenvalue weighted by molar-refractivity contribution is -0.139. The third-order valence-corrected chi connectivity index (χ3v) is 9.53. The number of aryl methyl sites for hydroxylation is 2. The zero-order valence-electron chi connectivity index (χ0n) is 26.3. The van der Waals surface area contributed by atoms with Crippen LogP contribution in [0.5, 0.6) is 0 Å². The molecule has 3 aromatic rings. The summed E-state index contributed by atoms with van der Waals surface area (Å²) >= 11 is 6.12. The summed E-state index contributed by atoms with van der Waals surface area (Å²) in [4.78, 5) is 16.2. The van der Waals surface area contributed by atoms with Crippen LogP contribution < -0.4 is 9.80 Å². The first-order chi connectivity index (χ1) is 22.0. The average molecular weight is 687 g/mol. The monoisotopic (exact) mass is 686 g/mol. The number of hydrogen-bond acceptors (Lipinski definition) is 6. The van der Waals surface area contributed by atoms with E-state index in [2.05, 4.69) is 15.4 Å². The van der Waals surface area contributed by atoms with Gasteiger partial charge in [-0.05, 0) is 110 Å². The zero-order valence-corrected chi connectivity index (χ0v) is 27.1. The van der Waals surface area contributed by atoms with Gasteiger partial charge in [0.05, 0.1) is 24.2 Å². The summed E-state index contributed by atoms with van der Waals surface area (Å²) in [6.45, 7) is 3.77. The molecule has 1 N–H and O–H groups in total. The molecule has 0 amide bonds. The number of carboxylic acids is 1. The number of aliphatic carboxylic acids is 1. The van der Waals surface area contributed by atoms with Crippen molar-refractivity contribution in [3.63, 3.8) is 0 Å². The minimum absolute atomic E-state index is 0.0453. The fraction of sp³-hybridized carbons (Fsp3) is 0.562. The van der Waals surface area contributed by atoms with Crippen LogP contribution in [0.3, 0.4) is 0 Å². The van der Waals surface area contributed by atoms with Crippen LogP contribution in [0.2, 0.25) is 5.02 Å². The third kappa shape index (κ3) is 7.95. The minimum Gasteiger partial charge on any atom is -0.481 e. The van der Waals surface area contributed by atoms with Gasteiger partial charge in [0, 0.05) is 36.8 Å². The van der Waals surface area contributed by atoms with Gasteiger partial charge in [-0.2, -0.15) is 31.1 Å². The van der Waals surface area contributed by atoms with Crippen LogP contribution in [0.25, 0.3) is 0 Å². The SMILES string of the molecule is Cc1cc2c(c(C)c1C(F)(F)F)N(CC1CCC(CC(=O)O)CC1)CCC[C@@H]2N(Cc1cc(Cl)cc(C(F)(F)F)c1)c1nnn(C)n1. The van der Waals surface area contributed by atoms with Crippen LogP contribution in [-0.2, 0) is 30.7 Å². The highest BCUT2D eigenvalue weighted by Crippen LogP contribution is 2.47. The molecule has 1 fully saturated rings. The van der Waals surface area contributed by atoms with Crippen LogP contribution in [-0.4, -0.2) is 44.4 Å². The van der Waals surface area contributed by atoms with Gasteiger partial charge in [0.2, 0.25) is 0 Å². The van der Waals surface area contributed by atoms with E-state index in [1.165, 1.54) is 24.7 Å². The molecule has 0 bridgehead atoms. The highest BCUT2D eigenvalue weighted by molar-refractivity contribution is 6.30. The number of alkyl halides is 6. The Morgan fingerprint density at radius 2 is 1.68 bits per heavy atom. The van der Waals surface area contributed by atoms with Crippen molar-refractivity contribution in [2.24, 2.45) is 18.9 Å². The van der Waals surface area contributed by atoms with E-state index in [9.17, 15) is 36.2 Å². The standard InChI is InChI=1S/C32H37ClF6N6O2/c1-18-11-25-26(45(30-40-42-43(3)41-30)17-22-12-23(31(34,35)36)15-24(33)13-22)5-4-10-44(29(25)19(2)28(18)32(37,38)39)16-21-8-6-20(7-9-21)14-27(46)47/h11-13,15,20-21,26H,4-10,14,16-17H2,1-3H3,(H,46,47)/t20?,21?,26-/m0/s1. The fourth-order valence-corrected chi connectivity index (χ4v) is 7.61. The number of rotatable bonds is 8. The smallest absolute Gasteiger partial charge is 0.416 e. The Morgan fingerprint density at radius 3 is 2.28 bits per heavy atom. The van der Waals surface area contributed by atoms with Crippen LogP contribution in [0, 0.1) is 25.7 Å². The summed E-state index contributed by atoms with van der Waals surface area (Å²) in [6, 6.07) is 4.21. The number of nitrogens with zero attached hydrogens (tertiary/aromatic N) is 6. The van der Waals surface area contributed by atoms with Gasteiger partial charge in [-0.1, -0.05) is 22.8 Å². The molecule has 0 radical (unpaired) electrons. The Hall–Kier alpha value is -3.55. The van der Waals surface area contributed by atoms with Crippen molar-refractivity contribution >= 4 is 29.2 Å². The van der Waals surface area contributed by atoms with Gasteiger partial charge in [-0.3, -0.25) is 4.79 Å². The Kier molecular flexibility index (Phi) is 10.0. The number of anilines is 2. The molecule has 5 rings (SSSR count). The largest absolute Gasteiger partial charge is 0.481 e. The summed E-state index contributed by atoms with van der Waals surface area (Å²) in [5.74, 6) is -0.453. The van der Waals surface area contributed by atoms with E-state index in [1.807, 2.05) is 4.90 Å². The molecule has 256 valence electrons. The van der Waals surface area contributed by atoms with Crippen molar-refractivity contribution in [3.05, 3.63) is 62.7 Å². The number of tetrazole rings is 1. The topological polar surface area (TPSA) is 87.4 Å². The number of hydrogen-bond donors (Lipinski definition) is 1. The van der Waals surface area contributed by atoms with Crippen molar-refractivity contribution in [2.75, 3.05) is 22.9 Å². The number of halogens is 7. The normalized spacial score (nSPS) is 20.6. The minimum atomic E-state index is -4.64. The molecule has 2 aromatic carbocycles. The maximum absolute atomic E-state index is 14.5. The van der Waals surface area contributed by atoms with Crippen LogP contribution in [0.1, 0.15) is 84.4 Å². The van der Waals surface area contributed by atoms with E-state index in [-0.39, 0.29) is 52.5 Å². The van der Waals surface area contributed by atoms with E-state index in [1.54, 1.807) is 18.0 Å². The maximum Gasteiger partial charge on any atom is 0.416 e. The lowest BCUT2D eigenvalue weighted by Crippen LogP contribution is -2.34. The van der Waals surface area contributed by atoms with Gasteiger partial charge in [-0.25, -0.2) is 0 Å². The Bertz CT molecular complexity index is 1600. The molecule has 0 spiro atoms. The molecule has 1 aliphatic carbocycles. The van der Waals surface area contributed by atoms with E-state index in [0.717, 1.165) is 37.8 Å². The maximum atomic E-state index is 14.5. The van der Waals surface area contributed by atoms with Gasteiger partial charge < -0.3 is 14.9 Å². The van der Waals surface area contributed by atoms with Crippen LogP contribution >= 0.6 is 11.6 Å². The number of benzene rings is 2. The van der Waals surface area contributed by atoms with Crippen molar-refractivity contribution in [1.82, 2.24) is 20.2 Å². The zero-order chi connectivity index (χ0) is 34.3. The molecular formula is C32H37ClF6N6O2. The first-order valence-electron chi connectivity index (χ1n) is 15.6. The summed E-state index contributed by atoms with van der Waals surface area (Å²) in [6.07, 6.45) is -5.06. The van der Waals surface area contributed by atoms with Gasteiger partial charge in [0.25, 0.3) is 5.95 Å². The number of aromatic nitrogens is 4. The van der Waals surface area contributed by atoms with Gasteiger partial charge in [0.1, 0.15) is 0 Å². The molecule has 2 aliphatic rings. The first-order valence-corrected chi connectivity index (χ1v) is 15.9. The van der Waals surface area contributed by atoms with Crippen LogP contribution in [0.4, 0.5) is 38.0 Å². The molecule has 2 heterocycles. The number of carboxylic acid groups (broad SMARTS) is 1. The first kappa shape index (κ1) is 34.8. The van der Waals surface area contributed by atoms with Gasteiger partial charge in [-0.15, -0.1) is 5.10 Å². The molecule has 15 heteroatoms. The molecule has 1 aromatic heterocycles. The second-order valence-electron chi connectivity index (χ2n) is 12.8. The van der Waals surface area contributed by atoms with Gasteiger partial charge in [0.15, 0.2) is 0 Å². The van der Waals surface area contributed by atoms with E-state index in [0.29, 0.717) is 37.2 Å². The van der Waals surface area contributed by atoms with Crippen LogP contribution in [0.15, 0.2) is 24.3 Å². The summed E-state index contributed by atoms with van der Waals surface area (Å²) in [5, 5.41) is 21.6. The van der Waals surface area contributed by atoms with E-state index >= 15 is 0 Å². The van der Waals surface area contributed by atoms with E-state index < -0.39 is 35.5 Å². The highest BCUT2D eigenvalue weighted by atomic mass is 35.5. The quantitative estimate of drug-likeness (QED) is 0.239. The van der Waals surface area contributed by atoms with Gasteiger partial charge >= 0.3 is 18.3 Å². The number of fused-ring (bicyclic) bond motifs is 1. The molecule has 1 atom stereocenters. The summed E-state index contributed by atoms with van der Waals surface area (Å²) in [7, 11) is 1.55. The molecule has 1 aliphatic heterocycles. The molecular weight excluding hydrogens is 650 g/mol. The summed E-state index contributed by atoms with van der Waals surface area (Å²) in [5.41, 5.74) is -0.194. The molecule has 1 saturated carbocycles. The Balaban J connectivity index is 1.58. The summed E-state index contributed by atoms with van der Waals surface area (Å²) < 4.78 is 84.6. The Labute approximate surface area is 273 Å². The van der Waals surface area contributed by atoms with Crippen molar-refractivity contribution in [2.45, 2.75) is 83.7 Å². The molecule has 0 saturated heterocycles. The molecule has 0 unspecified atom stereocenters. The third-order valence-electron chi connectivity index (χ3n) is 9.31. The predicted molar refractivity (Wildman–Crippen MR) is 164 cm³/mol. The molecule has 8 nitrogen and oxygen atoms in total. The second kappa shape index (κ2) is 13.5. The Morgan fingerprint density at radius 1 is 1.00 bits per heavy atom. The highest BCUT2D eigenvalue weighted by Gasteiger charge is 2.40. The second-order valence-corrected chi connectivity index (χ2v) is 13.2. The predicted octanol–water partition coefficient (Wildman–Crippen LogP) is 8.15. The lowest BCUT2D eigenvalue weighted by atomic mass is 9.80.